The van der Waals surface area contributed by atoms with Gasteiger partial charge < -0.3 is 11.1 Å². The van der Waals surface area contributed by atoms with Crippen LogP contribution in [0.25, 0.3) is 5.69 Å². The molecular weight excluding hydrogens is 518 g/mol. The molecular formula is C23H20BrN7O2S. The minimum absolute atomic E-state index is 0.179. The van der Waals surface area contributed by atoms with Gasteiger partial charge in [0.25, 0.3) is 5.91 Å². The first-order valence-electron chi connectivity index (χ1n) is 10.2. The SMILES string of the molecule is Cc1cc(C)nc(SCc2c(C(=O)Nc3ccc(C(N)=O)cc3)nnn2-c2ccc(Br)cc2)n1. The van der Waals surface area contributed by atoms with Crippen LogP contribution < -0.4 is 11.1 Å². The van der Waals surface area contributed by atoms with Gasteiger partial charge in [0.1, 0.15) is 0 Å². The number of benzene rings is 2. The molecule has 2 amide bonds. The lowest BCUT2D eigenvalue weighted by Gasteiger charge is -2.09. The van der Waals surface area contributed by atoms with Crippen molar-refractivity contribution in [2.75, 3.05) is 5.32 Å². The molecule has 9 nitrogen and oxygen atoms in total. The highest BCUT2D eigenvalue weighted by Crippen LogP contribution is 2.25. The second-order valence-electron chi connectivity index (χ2n) is 7.39. The second kappa shape index (κ2) is 10.1. The minimum Gasteiger partial charge on any atom is -0.366 e. The summed E-state index contributed by atoms with van der Waals surface area (Å²) in [5, 5.41) is 11.8. The van der Waals surface area contributed by atoms with E-state index in [-0.39, 0.29) is 5.69 Å². The predicted octanol–water partition coefficient (Wildman–Crippen LogP) is 4.08. The fraction of sp³-hybridized carbons (Fsp3) is 0.130. The summed E-state index contributed by atoms with van der Waals surface area (Å²) in [7, 11) is 0. The lowest BCUT2D eigenvalue weighted by atomic mass is 10.2. The number of thioether (sulfide) groups is 1. The van der Waals surface area contributed by atoms with Crippen molar-refractivity contribution in [3.05, 3.63) is 87.4 Å². The molecule has 0 saturated heterocycles. The van der Waals surface area contributed by atoms with Gasteiger partial charge in [-0.15, -0.1) is 5.10 Å². The molecule has 2 heterocycles. The Morgan fingerprint density at radius 3 is 2.29 bits per heavy atom. The van der Waals surface area contributed by atoms with Crippen LogP contribution in [0.4, 0.5) is 5.69 Å². The number of aryl methyl sites for hydroxylation is 2. The van der Waals surface area contributed by atoms with E-state index in [4.69, 9.17) is 5.73 Å². The smallest absolute Gasteiger partial charge is 0.278 e. The molecule has 4 aromatic rings. The summed E-state index contributed by atoms with van der Waals surface area (Å²) in [5.74, 6) is -0.592. The van der Waals surface area contributed by atoms with Crippen molar-refractivity contribution < 1.29 is 9.59 Å². The number of carbonyl (C=O) groups is 2. The molecule has 0 spiro atoms. The fourth-order valence-corrected chi connectivity index (χ4v) is 4.40. The lowest BCUT2D eigenvalue weighted by molar-refractivity contribution is 0.0997. The third-order valence-electron chi connectivity index (χ3n) is 4.78. The summed E-state index contributed by atoms with van der Waals surface area (Å²) < 4.78 is 2.56. The van der Waals surface area contributed by atoms with Crippen LogP contribution in [-0.2, 0) is 5.75 Å². The summed E-state index contributed by atoms with van der Waals surface area (Å²) in [6.07, 6.45) is 0. The zero-order valence-electron chi connectivity index (χ0n) is 18.3. The van der Waals surface area contributed by atoms with Gasteiger partial charge in [-0.1, -0.05) is 32.9 Å². The molecule has 0 saturated carbocycles. The number of amides is 2. The predicted molar refractivity (Wildman–Crippen MR) is 133 cm³/mol. The highest BCUT2D eigenvalue weighted by atomic mass is 79.9. The number of nitrogens with one attached hydrogen (secondary N) is 1. The van der Waals surface area contributed by atoms with Crippen LogP contribution in [0.3, 0.4) is 0 Å². The quantitative estimate of drug-likeness (QED) is 0.268. The van der Waals surface area contributed by atoms with E-state index in [0.29, 0.717) is 27.9 Å². The number of hydrogen-bond donors (Lipinski definition) is 2. The van der Waals surface area contributed by atoms with Gasteiger partial charge in [0.05, 0.1) is 11.4 Å². The molecule has 0 aliphatic carbocycles. The Labute approximate surface area is 208 Å². The van der Waals surface area contributed by atoms with Crippen molar-refractivity contribution in [3.8, 4) is 5.69 Å². The van der Waals surface area contributed by atoms with Crippen LogP contribution in [0, 0.1) is 13.8 Å². The van der Waals surface area contributed by atoms with Crippen LogP contribution in [0.2, 0.25) is 0 Å². The molecule has 2 aromatic carbocycles. The topological polar surface area (TPSA) is 129 Å². The zero-order chi connectivity index (χ0) is 24.2. The number of rotatable bonds is 7. The monoisotopic (exact) mass is 537 g/mol. The molecule has 34 heavy (non-hydrogen) atoms. The Kier molecular flexibility index (Phi) is 7.03. The van der Waals surface area contributed by atoms with Gasteiger partial charge in [-0.05, 0) is 68.4 Å². The third-order valence-corrected chi connectivity index (χ3v) is 6.16. The summed E-state index contributed by atoms with van der Waals surface area (Å²) in [4.78, 5) is 33.3. The molecule has 0 aliphatic rings. The summed E-state index contributed by atoms with van der Waals surface area (Å²) in [6, 6.07) is 15.7. The summed E-state index contributed by atoms with van der Waals surface area (Å²) in [6.45, 7) is 3.82. The maximum atomic E-state index is 13.1. The van der Waals surface area contributed by atoms with Crippen molar-refractivity contribution in [1.82, 2.24) is 25.0 Å². The van der Waals surface area contributed by atoms with Gasteiger partial charge in [0.2, 0.25) is 5.91 Å². The van der Waals surface area contributed by atoms with E-state index in [1.54, 1.807) is 28.9 Å². The zero-order valence-corrected chi connectivity index (χ0v) is 20.7. The minimum atomic E-state index is -0.539. The molecule has 4 rings (SSSR count). The van der Waals surface area contributed by atoms with E-state index >= 15 is 0 Å². The van der Waals surface area contributed by atoms with Gasteiger partial charge >= 0.3 is 0 Å². The normalized spacial score (nSPS) is 10.8. The maximum Gasteiger partial charge on any atom is 0.278 e. The van der Waals surface area contributed by atoms with Crippen molar-refractivity contribution >= 4 is 45.2 Å². The first-order valence-corrected chi connectivity index (χ1v) is 11.9. The van der Waals surface area contributed by atoms with Crippen LogP contribution >= 0.6 is 27.7 Å². The maximum absolute atomic E-state index is 13.1. The average molecular weight is 538 g/mol. The van der Waals surface area contributed by atoms with Crippen molar-refractivity contribution in [2.24, 2.45) is 5.73 Å². The molecule has 11 heteroatoms. The highest BCUT2D eigenvalue weighted by molar-refractivity contribution is 9.10. The van der Waals surface area contributed by atoms with E-state index in [0.717, 1.165) is 21.5 Å². The second-order valence-corrected chi connectivity index (χ2v) is 9.25. The molecule has 0 bridgehead atoms. The van der Waals surface area contributed by atoms with Crippen molar-refractivity contribution in [1.29, 1.82) is 0 Å². The number of primary amides is 1. The van der Waals surface area contributed by atoms with Gasteiger partial charge in [0.15, 0.2) is 10.9 Å². The lowest BCUT2D eigenvalue weighted by Crippen LogP contribution is -2.16. The Morgan fingerprint density at radius 2 is 1.68 bits per heavy atom. The van der Waals surface area contributed by atoms with Gasteiger partial charge in [-0.2, -0.15) is 0 Å². The van der Waals surface area contributed by atoms with Crippen molar-refractivity contribution in [3.63, 3.8) is 0 Å². The van der Waals surface area contributed by atoms with Crippen molar-refractivity contribution in [2.45, 2.75) is 24.8 Å². The number of aromatic nitrogens is 5. The molecule has 172 valence electrons. The van der Waals surface area contributed by atoms with Crippen LogP contribution in [0.5, 0.6) is 0 Å². The number of nitrogens with zero attached hydrogens (tertiary/aromatic N) is 5. The molecule has 2 aromatic heterocycles. The van der Waals surface area contributed by atoms with E-state index in [9.17, 15) is 9.59 Å². The number of nitrogens with two attached hydrogens (primary N) is 1. The van der Waals surface area contributed by atoms with Crippen LogP contribution in [0.1, 0.15) is 37.9 Å². The molecule has 0 fully saturated rings. The van der Waals surface area contributed by atoms with E-state index in [1.165, 1.54) is 11.8 Å². The summed E-state index contributed by atoms with van der Waals surface area (Å²) >= 11 is 4.83. The highest BCUT2D eigenvalue weighted by Gasteiger charge is 2.22. The number of hydrogen-bond acceptors (Lipinski definition) is 7. The van der Waals surface area contributed by atoms with E-state index < -0.39 is 11.8 Å². The molecule has 0 unspecified atom stereocenters. The third kappa shape index (κ3) is 5.49. The van der Waals surface area contributed by atoms with Gasteiger partial charge in [-0.25, -0.2) is 14.6 Å². The van der Waals surface area contributed by atoms with E-state index in [2.05, 4.69) is 41.5 Å². The number of carbonyl (C=O) groups excluding carboxylic acids is 2. The first kappa shape index (κ1) is 23.6. The number of halogens is 1. The molecule has 3 N–H and O–H groups in total. The van der Waals surface area contributed by atoms with E-state index in [1.807, 2.05) is 44.2 Å². The Bertz CT molecular complexity index is 1330. The Balaban J connectivity index is 1.64. The van der Waals surface area contributed by atoms with Gasteiger partial charge in [0, 0.05) is 32.9 Å². The first-order chi connectivity index (χ1) is 16.3. The standard InChI is InChI=1S/C23H20BrN7O2S/c1-13-11-14(2)27-23(26-13)34-12-19-20(29-30-31(19)18-9-5-16(24)6-10-18)22(33)28-17-7-3-15(4-8-17)21(25)32/h3-11H,12H2,1-2H3,(H2,25,32)(H,28,33). The Morgan fingerprint density at radius 1 is 1.03 bits per heavy atom. The molecule has 0 atom stereocenters. The molecule has 0 radical (unpaired) electrons. The fourth-order valence-electron chi connectivity index (χ4n) is 3.20. The summed E-state index contributed by atoms with van der Waals surface area (Å²) in [5.41, 5.74) is 9.41. The largest absolute Gasteiger partial charge is 0.366 e. The van der Waals surface area contributed by atoms with Crippen LogP contribution in [0.15, 0.2) is 64.2 Å². The average Bonchev–Trinajstić information content (AvgIpc) is 3.22. The number of anilines is 1. The Hall–Kier alpha value is -3.57. The molecule has 0 aliphatic heterocycles. The van der Waals surface area contributed by atoms with Gasteiger partial charge in [-0.3, -0.25) is 9.59 Å². The van der Waals surface area contributed by atoms with Crippen LogP contribution in [-0.4, -0.2) is 36.8 Å².